The summed E-state index contributed by atoms with van der Waals surface area (Å²) >= 11 is 0. The van der Waals surface area contributed by atoms with Crippen LogP contribution in [0.25, 0.3) is 27.1 Å². The second-order valence-corrected chi connectivity index (χ2v) is 13.2. The highest BCUT2D eigenvalue weighted by atomic mass is 19.1. The van der Waals surface area contributed by atoms with Crippen LogP contribution in [-0.4, -0.2) is 28.8 Å². The summed E-state index contributed by atoms with van der Waals surface area (Å²) in [5.41, 5.74) is 11.4. The maximum atomic E-state index is 15.9. The number of allylic oxidation sites excluding steroid dienone is 6. The second-order valence-electron chi connectivity index (χ2n) is 13.2. The van der Waals surface area contributed by atoms with Gasteiger partial charge in [-0.2, -0.15) is 14.0 Å². The van der Waals surface area contributed by atoms with E-state index in [0.717, 1.165) is 22.5 Å². The first-order chi connectivity index (χ1) is 23.7. The summed E-state index contributed by atoms with van der Waals surface area (Å²) in [5, 5.41) is 9.92. The summed E-state index contributed by atoms with van der Waals surface area (Å²) in [6.07, 6.45) is 20.5. The van der Waals surface area contributed by atoms with Gasteiger partial charge >= 0.3 is 0 Å². The Morgan fingerprint density at radius 3 is 2.23 bits per heavy atom. The van der Waals surface area contributed by atoms with E-state index in [2.05, 4.69) is 148 Å². The number of halogens is 1. The molecule has 4 heteroatoms. The molecule has 1 fully saturated rings. The predicted octanol–water partition coefficient (Wildman–Crippen LogP) is 9.52. The van der Waals surface area contributed by atoms with Crippen molar-refractivity contribution in [3.05, 3.63) is 191 Å². The highest BCUT2D eigenvalue weighted by molar-refractivity contribution is 6.17. The predicted molar refractivity (Wildman–Crippen MR) is 195 cm³/mol. The van der Waals surface area contributed by atoms with E-state index in [1.54, 1.807) is 12.1 Å². The number of nitrogens with zero attached hydrogens (tertiary/aromatic N) is 3. The van der Waals surface area contributed by atoms with Crippen LogP contribution in [0, 0.1) is 5.82 Å². The van der Waals surface area contributed by atoms with E-state index in [0.29, 0.717) is 5.69 Å². The molecule has 11 rings (SSSR count). The highest BCUT2D eigenvalue weighted by Crippen LogP contribution is 2.55. The van der Waals surface area contributed by atoms with E-state index >= 15 is 4.39 Å². The molecule has 0 bridgehead atoms. The largest absolute Gasteiger partial charge is 0.279 e. The third-order valence-electron chi connectivity index (χ3n) is 10.8. The van der Waals surface area contributed by atoms with Crippen molar-refractivity contribution in [2.45, 2.75) is 18.1 Å². The molecule has 5 aromatic rings. The summed E-state index contributed by atoms with van der Waals surface area (Å²) < 4.78 is 18.1. The van der Waals surface area contributed by atoms with Gasteiger partial charge in [-0.1, -0.05) is 109 Å². The first-order valence-corrected chi connectivity index (χ1v) is 16.7. The summed E-state index contributed by atoms with van der Waals surface area (Å²) in [5.74, 6) is -0.234. The van der Waals surface area contributed by atoms with Crippen molar-refractivity contribution in [1.82, 2.24) is 9.58 Å². The Labute approximate surface area is 277 Å². The Hall–Kier alpha value is -5.84. The molecular formula is C44H29FN3+. The van der Waals surface area contributed by atoms with Gasteiger partial charge in [0.2, 0.25) is 17.1 Å². The van der Waals surface area contributed by atoms with E-state index in [4.69, 9.17) is 0 Å². The molecule has 226 valence electrons. The molecule has 0 aromatic heterocycles. The van der Waals surface area contributed by atoms with Crippen LogP contribution in [0.4, 0.5) is 21.5 Å². The van der Waals surface area contributed by atoms with Gasteiger partial charge in [0.1, 0.15) is 5.69 Å². The summed E-state index contributed by atoms with van der Waals surface area (Å²) in [6.45, 7) is 0. The number of hydrogen-bond acceptors (Lipinski definition) is 2. The molecule has 3 heterocycles. The van der Waals surface area contributed by atoms with Gasteiger partial charge < -0.3 is 0 Å². The molecule has 48 heavy (non-hydrogen) atoms. The molecule has 3 aliphatic carbocycles. The van der Waals surface area contributed by atoms with Crippen molar-refractivity contribution in [1.29, 1.82) is 0 Å². The van der Waals surface area contributed by atoms with E-state index < -0.39 is 0 Å². The first-order valence-electron chi connectivity index (χ1n) is 16.7. The van der Waals surface area contributed by atoms with E-state index in [9.17, 15) is 0 Å². The van der Waals surface area contributed by atoms with Crippen molar-refractivity contribution in [3.8, 4) is 0 Å². The average Bonchev–Trinajstić information content (AvgIpc) is 3.47. The van der Waals surface area contributed by atoms with Crippen molar-refractivity contribution in [3.63, 3.8) is 0 Å². The average molecular weight is 619 g/mol. The lowest BCUT2D eigenvalue weighted by Crippen LogP contribution is -2.65. The van der Waals surface area contributed by atoms with Crippen LogP contribution in [0.1, 0.15) is 5.56 Å². The van der Waals surface area contributed by atoms with Crippen LogP contribution >= 0.6 is 0 Å². The summed E-state index contributed by atoms with van der Waals surface area (Å²) in [7, 11) is 0. The molecule has 1 saturated heterocycles. The molecule has 3 nitrogen and oxygen atoms in total. The standard InChI is InChI=1S/C44H29FN3/c45-37-17-6-7-18-39(37)46-40-19-9-16-33-32-14-8-15-34-36-26-30(27-10-2-1-3-11-27)20-22-38(36)47(42(32)34)48(43(33)40)44-35-25-29-13-5-4-12-28(29)24-31(35)21-23-41(44)46/h1-26,38,42-43H/q+1. The lowest BCUT2D eigenvalue weighted by Gasteiger charge is -2.53. The molecule has 0 saturated carbocycles. The minimum atomic E-state index is -0.234. The SMILES string of the molecule is Fc1ccccc1[N+]1=C2C=CC=C3C4=CC=CC5=C6C=C(c7ccccc7)C=CC6N(C45)N(c4c1ccc1cc5ccccc5cc41)C32. The fraction of sp³-hybridized carbons (Fsp3) is 0.0682. The Balaban J connectivity index is 1.22. The lowest BCUT2D eigenvalue weighted by atomic mass is 9.79. The van der Waals surface area contributed by atoms with Gasteiger partial charge in [-0.25, -0.2) is 0 Å². The molecule has 0 N–H and O–H groups in total. The lowest BCUT2D eigenvalue weighted by molar-refractivity contribution is 0.204. The van der Waals surface area contributed by atoms with E-state index in [-0.39, 0.29) is 23.9 Å². The van der Waals surface area contributed by atoms with Crippen molar-refractivity contribution in [2.75, 3.05) is 5.01 Å². The van der Waals surface area contributed by atoms with Gasteiger partial charge in [0.25, 0.3) is 0 Å². The molecule has 0 radical (unpaired) electrons. The summed E-state index contributed by atoms with van der Waals surface area (Å²) in [4.78, 5) is 0. The van der Waals surface area contributed by atoms with Gasteiger partial charge in [0.15, 0.2) is 11.9 Å². The van der Waals surface area contributed by atoms with Crippen molar-refractivity contribution in [2.24, 2.45) is 0 Å². The van der Waals surface area contributed by atoms with Crippen LogP contribution in [0.15, 0.2) is 180 Å². The quantitative estimate of drug-likeness (QED) is 0.144. The van der Waals surface area contributed by atoms with Gasteiger partial charge in [0.05, 0.1) is 12.1 Å². The molecule has 3 aliphatic heterocycles. The Bertz CT molecular complexity index is 2540. The molecule has 5 aromatic carbocycles. The second kappa shape index (κ2) is 9.60. The van der Waals surface area contributed by atoms with Gasteiger partial charge in [0, 0.05) is 23.6 Å². The van der Waals surface area contributed by atoms with Crippen molar-refractivity contribution < 1.29 is 4.39 Å². The molecule has 0 amide bonds. The smallest absolute Gasteiger partial charge is 0.247 e. The zero-order valence-electron chi connectivity index (χ0n) is 26.0. The van der Waals surface area contributed by atoms with Crippen LogP contribution in [0.2, 0.25) is 0 Å². The van der Waals surface area contributed by atoms with Crippen LogP contribution in [0.3, 0.4) is 0 Å². The summed E-state index contributed by atoms with van der Waals surface area (Å²) in [6, 6.07) is 35.4. The van der Waals surface area contributed by atoms with E-state index in [1.807, 2.05) is 12.1 Å². The minimum Gasteiger partial charge on any atom is -0.279 e. The van der Waals surface area contributed by atoms with Crippen LogP contribution in [0.5, 0.6) is 0 Å². The van der Waals surface area contributed by atoms with Gasteiger partial charge in [-0.15, -0.1) is 0 Å². The Morgan fingerprint density at radius 1 is 0.625 bits per heavy atom. The van der Waals surface area contributed by atoms with Gasteiger partial charge in [-0.3, -0.25) is 5.01 Å². The molecule has 3 atom stereocenters. The normalized spacial score (nSPS) is 23.1. The van der Waals surface area contributed by atoms with Gasteiger partial charge in [-0.05, 0) is 79.9 Å². The zero-order chi connectivity index (χ0) is 31.5. The molecule has 3 unspecified atom stereocenters. The van der Waals surface area contributed by atoms with Crippen molar-refractivity contribution >= 4 is 49.9 Å². The fourth-order valence-corrected chi connectivity index (χ4v) is 8.84. The topological polar surface area (TPSA) is 9.49 Å². The first kappa shape index (κ1) is 26.3. The molecule has 6 aliphatic rings. The number of hydrogen-bond donors (Lipinski definition) is 0. The minimum absolute atomic E-state index is 0.0425. The Kier molecular flexibility index (Phi) is 5.25. The monoisotopic (exact) mass is 618 g/mol. The fourth-order valence-electron chi connectivity index (χ4n) is 8.84. The van der Waals surface area contributed by atoms with Crippen LogP contribution < -0.4 is 9.58 Å². The molecule has 0 spiro atoms. The maximum absolute atomic E-state index is 15.9. The number of hydrazine groups is 1. The third kappa shape index (κ3) is 3.42. The maximum Gasteiger partial charge on any atom is 0.247 e. The molecular weight excluding hydrogens is 590 g/mol. The number of rotatable bonds is 2. The number of para-hydroxylation sites is 1. The van der Waals surface area contributed by atoms with Crippen LogP contribution in [-0.2, 0) is 0 Å². The zero-order valence-corrected chi connectivity index (χ0v) is 26.0. The number of benzene rings is 5. The van der Waals surface area contributed by atoms with E-state index in [1.165, 1.54) is 49.6 Å². The Morgan fingerprint density at radius 2 is 1.38 bits per heavy atom. The highest BCUT2D eigenvalue weighted by Gasteiger charge is 2.57. The number of anilines is 1. The third-order valence-corrected chi connectivity index (χ3v) is 10.8. The number of fused-ring (bicyclic) bond motifs is 9.